The van der Waals surface area contributed by atoms with Crippen molar-refractivity contribution in [1.82, 2.24) is 5.32 Å². The van der Waals surface area contributed by atoms with Gasteiger partial charge in [0.25, 0.3) is 0 Å². The number of rotatable bonds is 6. The third-order valence-corrected chi connectivity index (χ3v) is 3.40. The summed E-state index contributed by atoms with van der Waals surface area (Å²) < 4.78 is 13.1. The molecule has 0 bridgehead atoms. The zero-order valence-corrected chi connectivity index (χ0v) is 11.5. The second kappa shape index (κ2) is 6.97. The van der Waals surface area contributed by atoms with Crippen molar-refractivity contribution < 1.29 is 4.39 Å². The number of hydrogen-bond donors (Lipinski definition) is 1. The lowest BCUT2D eigenvalue weighted by atomic mass is 9.93. The van der Waals surface area contributed by atoms with E-state index >= 15 is 0 Å². The number of halogens is 2. The lowest BCUT2D eigenvalue weighted by molar-refractivity contribution is 0.406. The van der Waals surface area contributed by atoms with Crippen LogP contribution in [0.3, 0.4) is 0 Å². The Kier molecular flexibility index (Phi) is 5.93. The number of benzene rings is 1. The van der Waals surface area contributed by atoms with E-state index in [2.05, 4.69) is 19.2 Å². The molecule has 0 fully saturated rings. The summed E-state index contributed by atoms with van der Waals surface area (Å²) in [5, 5.41) is 3.47. The molecule has 0 amide bonds. The van der Waals surface area contributed by atoms with E-state index in [1.807, 2.05) is 7.05 Å². The van der Waals surface area contributed by atoms with E-state index in [1.54, 1.807) is 12.1 Å². The predicted octanol–water partition coefficient (Wildman–Crippen LogP) is 4.57. The van der Waals surface area contributed by atoms with Crippen LogP contribution in [0.25, 0.3) is 0 Å². The van der Waals surface area contributed by atoms with Gasteiger partial charge in [-0.05, 0) is 37.1 Å². The molecule has 1 rings (SSSR count). The van der Waals surface area contributed by atoms with Crippen LogP contribution >= 0.6 is 11.6 Å². The summed E-state index contributed by atoms with van der Waals surface area (Å²) in [7, 11) is 1.93. The van der Waals surface area contributed by atoms with Crippen molar-refractivity contribution in [3.8, 4) is 0 Å². The third-order valence-electron chi connectivity index (χ3n) is 3.11. The molecule has 3 heteroatoms. The summed E-state index contributed by atoms with van der Waals surface area (Å²) in [5.41, 5.74) is 1.06. The highest BCUT2D eigenvalue weighted by molar-refractivity contribution is 6.30. The van der Waals surface area contributed by atoms with E-state index in [4.69, 9.17) is 11.6 Å². The van der Waals surface area contributed by atoms with E-state index in [9.17, 15) is 4.39 Å². The number of hydrogen-bond acceptors (Lipinski definition) is 1. The Hall–Kier alpha value is -0.600. The molecule has 0 aliphatic heterocycles. The Balaban J connectivity index is 2.75. The topological polar surface area (TPSA) is 12.0 Å². The molecule has 0 saturated carbocycles. The molecule has 1 N–H and O–H groups in total. The molecule has 0 radical (unpaired) electrons. The Bertz CT molecular complexity index is 354. The van der Waals surface area contributed by atoms with E-state index < -0.39 is 0 Å². The zero-order chi connectivity index (χ0) is 12.8. The fraction of sp³-hybridized carbons (Fsp3) is 0.571. The standard InChI is InChI=1S/C14H21ClFN/c1-4-5-10(2)8-14(17-3)11-6-7-13(16)12(15)9-11/h6-7,9-10,14,17H,4-5,8H2,1-3H3. The fourth-order valence-corrected chi connectivity index (χ4v) is 2.35. The van der Waals surface area contributed by atoms with Gasteiger partial charge in [0.2, 0.25) is 0 Å². The first-order valence-electron chi connectivity index (χ1n) is 6.20. The van der Waals surface area contributed by atoms with Gasteiger partial charge in [-0.1, -0.05) is 44.4 Å². The highest BCUT2D eigenvalue weighted by Crippen LogP contribution is 2.26. The average Bonchev–Trinajstić information content (AvgIpc) is 2.30. The van der Waals surface area contributed by atoms with Gasteiger partial charge < -0.3 is 5.32 Å². The molecule has 0 heterocycles. The van der Waals surface area contributed by atoms with Gasteiger partial charge in [-0.3, -0.25) is 0 Å². The van der Waals surface area contributed by atoms with Gasteiger partial charge in [-0.15, -0.1) is 0 Å². The van der Waals surface area contributed by atoms with Gasteiger partial charge in [0.1, 0.15) is 5.82 Å². The Morgan fingerprint density at radius 3 is 2.65 bits per heavy atom. The van der Waals surface area contributed by atoms with Crippen LogP contribution in [-0.2, 0) is 0 Å². The maximum absolute atomic E-state index is 13.1. The molecule has 0 aliphatic carbocycles. The first-order valence-corrected chi connectivity index (χ1v) is 6.58. The minimum atomic E-state index is -0.355. The van der Waals surface area contributed by atoms with Crippen molar-refractivity contribution in [2.45, 2.75) is 39.2 Å². The first-order chi connectivity index (χ1) is 8.08. The van der Waals surface area contributed by atoms with Crippen molar-refractivity contribution in [3.63, 3.8) is 0 Å². The molecule has 0 aliphatic rings. The summed E-state index contributed by atoms with van der Waals surface area (Å²) in [4.78, 5) is 0. The number of nitrogens with one attached hydrogen (secondary N) is 1. The molecule has 96 valence electrons. The van der Waals surface area contributed by atoms with Gasteiger partial charge in [-0.2, -0.15) is 0 Å². The maximum Gasteiger partial charge on any atom is 0.141 e. The lowest BCUT2D eigenvalue weighted by Gasteiger charge is -2.21. The van der Waals surface area contributed by atoms with E-state index in [0.717, 1.165) is 12.0 Å². The second-order valence-corrected chi connectivity index (χ2v) is 5.05. The maximum atomic E-state index is 13.1. The van der Waals surface area contributed by atoms with Crippen LogP contribution in [0.4, 0.5) is 4.39 Å². The van der Waals surface area contributed by atoms with Crippen LogP contribution in [0.1, 0.15) is 44.7 Å². The molecule has 1 nitrogen and oxygen atoms in total. The third kappa shape index (κ3) is 4.29. The van der Waals surface area contributed by atoms with Crippen molar-refractivity contribution >= 4 is 11.6 Å². The van der Waals surface area contributed by atoms with Crippen LogP contribution in [-0.4, -0.2) is 7.05 Å². The van der Waals surface area contributed by atoms with Gasteiger partial charge in [0.05, 0.1) is 5.02 Å². The molecule has 1 aromatic rings. The molecule has 2 unspecified atom stereocenters. The monoisotopic (exact) mass is 257 g/mol. The summed E-state index contributed by atoms with van der Waals surface area (Å²) >= 11 is 5.81. The SMILES string of the molecule is CCCC(C)CC(NC)c1ccc(F)c(Cl)c1. The summed E-state index contributed by atoms with van der Waals surface area (Å²) in [6, 6.07) is 5.21. The minimum absolute atomic E-state index is 0.200. The predicted molar refractivity (Wildman–Crippen MR) is 71.9 cm³/mol. The summed E-state index contributed by atoms with van der Waals surface area (Å²) in [6.07, 6.45) is 3.46. The smallest absolute Gasteiger partial charge is 0.141 e. The molecule has 1 aromatic carbocycles. The van der Waals surface area contributed by atoms with E-state index in [-0.39, 0.29) is 16.9 Å². The second-order valence-electron chi connectivity index (χ2n) is 4.64. The summed E-state index contributed by atoms with van der Waals surface area (Å²) in [5.74, 6) is 0.299. The molecule has 0 saturated heterocycles. The van der Waals surface area contributed by atoms with Crippen LogP contribution in [0.15, 0.2) is 18.2 Å². The van der Waals surface area contributed by atoms with Crippen LogP contribution in [0, 0.1) is 11.7 Å². The lowest BCUT2D eigenvalue weighted by Crippen LogP contribution is -2.19. The van der Waals surface area contributed by atoms with E-state index in [1.165, 1.54) is 18.9 Å². The molecule has 0 aromatic heterocycles. The van der Waals surface area contributed by atoms with Crippen LogP contribution < -0.4 is 5.32 Å². The van der Waals surface area contributed by atoms with Gasteiger partial charge in [0.15, 0.2) is 0 Å². The first kappa shape index (κ1) is 14.5. The van der Waals surface area contributed by atoms with Crippen molar-refractivity contribution in [2.75, 3.05) is 7.05 Å². The summed E-state index contributed by atoms with van der Waals surface area (Å²) in [6.45, 7) is 4.44. The molecule has 0 spiro atoms. The minimum Gasteiger partial charge on any atom is -0.313 e. The molecule has 17 heavy (non-hydrogen) atoms. The Morgan fingerprint density at radius 2 is 2.12 bits per heavy atom. The Labute approximate surface area is 108 Å². The zero-order valence-electron chi connectivity index (χ0n) is 10.8. The van der Waals surface area contributed by atoms with E-state index in [0.29, 0.717) is 5.92 Å². The fourth-order valence-electron chi connectivity index (χ4n) is 2.16. The average molecular weight is 258 g/mol. The quantitative estimate of drug-likeness (QED) is 0.787. The van der Waals surface area contributed by atoms with Crippen molar-refractivity contribution in [1.29, 1.82) is 0 Å². The van der Waals surface area contributed by atoms with Crippen molar-refractivity contribution in [2.24, 2.45) is 5.92 Å². The van der Waals surface area contributed by atoms with Gasteiger partial charge in [-0.25, -0.2) is 4.39 Å². The highest BCUT2D eigenvalue weighted by Gasteiger charge is 2.14. The highest BCUT2D eigenvalue weighted by atomic mass is 35.5. The molecular weight excluding hydrogens is 237 g/mol. The van der Waals surface area contributed by atoms with Gasteiger partial charge in [0, 0.05) is 6.04 Å². The molecule has 2 atom stereocenters. The van der Waals surface area contributed by atoms with Gasteiger partial charge >= 0.3 is 0 Å². The molecular formula is C14H21ClFN. The van der Waals surface area contributed by atoms with Crippen LogP contribution in [0.2, 0.25) is 5.02 Å². The Morgan fingerprint density at radius 1 is 1.41 bits per heavy atom. The largest absolute Gasteiger partial charge is 0.313 e. The normalized spacial score (nSPS) is 14.6. The van der Waals surface area contributed by atoms with Crippen LogP contribution in [0.5, 0.6) is 0 Å². The van der Waals surface area contributed by atoms with Crippen molar-refractivity contribution in [3.05, 3.63) is 34.6 Å².